The Hall–Kier alpha value is -1.69. The number of amides is 1. The molecule has 1 aromatic rings. The van der Waals surface area contributed by atoms with Crippen LogP contribution in [0.25, 0.3) is 0 Å². The fourth-order valence-electron chi connectivity index (χ4n) is 1.96. The fourth-order valence-corrected chi connectivity index (χ4v) is 1.96. The fraction of sp³-hybridized carbons (Fsp3) is 0.583. The van der Waals surface area contributed by atoms with Gasteiger partial charge in [-0.05, 0) is 6.07 Å². The molecule has 0 bridgehead atoms. The third-order valence-electron chi connectivity index (χ3n) is 2.90. The second-order valence-corrected chi connectivity index (χ2v) is 4.19. The molecule has 1 amide bonds. The Morgan fingerprint density at radius 2 is 2.28 bits per heavy atom. The van der Waals surface area contributed by atoms with Gasteiger partial charge in [-0.3, -0.25) is 4.79 Å². The Morgan fingerprint density at radius 1 is 1.50 bits per heavy atom. The van der Waals surface area contributed by atoms with Gasteiger partial charge in [0.2, 0.25) is 11.8 Å². The van der Waals surface area contributed by atoms with Gasteiger partial charge in [0.1, 0.15) is 12.7 Å². The van der Waals surface area contributed by atoms with E-state index in [4.69, 9.17) is 9.47 Å². The van der Waals surface area contributed by atoms with Crippen LogP contribution in [0.4, 0.5) is 0 Å². The Labute approximate surface area is 106 Å². The number of methoxy groups -OCH3 is 1. The zero-order valence-corrected chi connectivity index (χ0v) is 10.4. The number of nitrogens with zero attached hydrogens (tertiary/aromatic N) is 3. The molecule has 0 unspecified atom stereocenters. The first kappa shape index (κ1) is 12.8. The monoisotopic (exact) mass is 251 g/mol. The summed E-state index contributed by atoms with van der Waals surface area (Å²) in [5, 5.41) is 7.65. The van der Waals surface area contributed by atoms with Crippen molar-refractivity contribution < 1.29 is 14.3 Å². The zero-order chi connectivity index (χ0) is 12.8. The van der Waals surface area contributed by atoms with Crippen LogP contribution < -0.4 is 4.74 Å². The summed E-state index contributed by atoms with van der Waals surface area (Å²) in [6.07, 6.45) is 3.34. The van der Waals surface area contributed by atoms with Crippen LogP contribution >= 0.6 is 0 Å². The maximum Gasteiger partial charge on any atom is 0.248 e. The van der Waals surface area contributed by atoms with Gasteiger partial charge in [0.25, 0.3) is 0 Å². The van der Waals surface area contributed by atoms with Crippen molar-refractivity contribution in [3.63, 3.8) is 0 Å². The summed E-state index contributed by atoms with van der Waals surface area (Å²) in [7, 11) is 1.53. The summed E-state index contributed by atoms with van der Waals surface area (Å²) in [6, 6.07) is 3.58. The second-order valence-electron chi connectivity index (χ2n) is 4.19. The number of carbonyl (C=O) groups excluding carboxylic acids is 1. The van der Waals surface area contributed by atoms with Crippen molar-refractivity contribution in [2.75, 3.05) is 26.8 Å². The van der Waals surface area contributed by atoms with E-state index in [0.29, 0.717) is 19.0 Å². The molecule has 98 valence electrons. The Balaban J connectivity index is 1.78. The summed E-state index contributed by atoms with van der Waals surface area (Å²) in [5.74, 6) is 0.578. The topological polar surface area (TPSA) is 64.5 Å². The van der Waals surface area contributed by atoms with Gasteiger partial charge in [0.05, 0.1) is 0 Å². The predicted molar refractivity (Wildman–Crippen MR) is 64.1 cm³/mol. The number of likely N-dealkylation sites (tertiary alicyclic amines) is 1. The van der Waals surface area contributed by atoms with E-state index in [1.165, 1.54) is 7.11 Å². The normalized spacial score (nSPS) is 16.6. The molecule has 6 heteroatoms. The Kier molecular flexibility index (Phi) is 4.46. The van der Waals surface area contributed by atoms with Gasteiger partial charge in [-0.1, -0.05) is 0 Å². The van der Waals surface area contributed by atoms with Gasteiger partial charge in [-0.2, -0.15) is 5.10 Å². The molecule has 1 aliphatic heterocycles. The molecule has 0 saturated carbocycles. The highest BCUT2D eigenvalue weighted by molar-refractivity contribution is 5.77. The van der Waals surface area contributed by atoms with Crippen molar-refractivity contribution in [3.05, 3.63) is 18.3 Å². The summed E-state index contributed by atoms with van der Waals surface area (Å²) < 4.78 is 10.5. The molecule has 0 spiro atoms. The van der Waals surface area contributed by atoms with Crippen LogP contribution in [0, 0.1) is 0 Å². The number of hydrogen-bond donors (Lipinski definition) is 0. The molecule has 0 atom stereocenters. The van der Waals surface area contributed by atoms with Crippen molar-refractivity contribution in [2.24, 2.45) is 0 Å². The lowest BCUT2D eigenvalue weighted by atomic mass is 10.1. The third kappa shape index (κ3) is 3.40. The Bertz CT molecular complexity index is 377. The SMILES string of the molecule is COCC(=O)N1CCC(Oc2cccnn2)CC1. The average Bonchev–Trinajstić information content (AvgIpc) is 2.41. The first-order chi connectivity index (χ1) is 8.79. The summed E-state index contributed by atoms with van der Waals surface area (Å²) >= 11 is 0. The van der Waals surface area contributed by atoms with Gasteiger partial charge in [-0.15, -0.1) is 5.10 Å². The summed E-state index contributed by atoms with van der Waals surface area (Å²) in [5.41, 5.74) is 0. The highest BCUT2D eigenvalue weighted by atomic mass is 16.5. The van der Waals surface area contributed by atoms with Crippen LogP contribution in [0.15, 0.2) is 18.3 Å². The molecule has 1 saturated heterocycles. The van der Waals surface area contributed by atoms with Gasteiger partial charge >= 0.3 is 0 Å². The number of carbonyl (C=O) groups is 1. The minimum atomic E-state index is 0.0375. The zero-order valence-electron chi connectivity index (χ0n) is 10.4. The van der Waals surface area contributed by atoms with Crippen molar-refractivity contribution in [1.82, 2.24) is 15.1 Å². The van der Waals surface area contributed by atoms with Crippen LogP contribution in [-0.2, 0) is 9.53 Å². The van der Waals surface area contributed by atoms with Crippen LogP contribution in [-0.4, -0.2) is 53.9 Å². The van der Waals surface area contributed by atoms with Gasteiger partial charge in [-0.25, -0.2) is 0 Å². The molecule has 2 rings (SSSR count). The van der Waals surface area contributed by atoms with Gasteiger partial charge in [0, 0.05) is 45.3 Å². The first-order valence-corrected chi connectivity index (χ1v) is 6.00. The molecular formula is C12H17N3O3. The van der Waals surface area contributed by atoms with Crippen LogP contribution in [0.1, 0.15) is 12.8 Å². The number of piperidine rings is 1. The number of ether oxygens (including phenoxy) is 2. The molecule has 0 aromatic carbocycles. The van der Waals surface area contributed by atoms with E-state index in [9.17, 15) is 4.79 Å². The smallest absolute Gasteiger partial charge is 0.248 e. The molecule has 0 N–H and O–H groups in total. The number of rotatable bonds is 4. The van der Waals surface area contributed by atoms with E-state index in [-0.39, 0.29) is 18.6 Å². The van der Waals surface area contributed by atoms with Crippen molar-refractivity contribution >= 4 is 5.91 Å². The van der Waals surface area contributed by atoms with Crippen LogP contribution in [0.3, 0.4) is 0 Å². The number of aromatic nitrogens is 2. The average molecular weight is 251 g/mol. The minimum absolute atomic E-state index is 0.0375. The lowest BCUT2D eigenvalue weighted by molar-refractivity contribution is -0.136. The standard InChI is InChI=1S/C12H17N3O3/c1-17-9-12(16)15-7-4-10(5-8-15)18-11-3-2-6-13-14-11/h2-3,6,10H,4-5,7-9H2,1H3. The van der Waals surface area contributed by atoms with Crippen LogP contribution in [0.5, 0.6) is 5.88 Å². The van der Waals surface area contributed by atoms with E-state index < -0.39 is 0 Å². The largest absolute Gasteiger partial charge is 0.473 e. The van der Waals surface area contributed by atoms with Crippen LogP contribution in [0.2, 0.25) is 0 Å². The van der Waals surface area contributed by atoms with Crippen molar-refractivity contribution in [2.45, 2.75) is 18.9 Å². The molecule has 6 nitrogen and oxygen atoms in total. The van der Waals surface area contributed by atoms with E-state index in [1.54, 1.807) is 23.2 Å². The van der Waals surface area contributed by atoms with E-state index >= 15 is 0 Å². The number of hydrogen-bond acceptors (Lipinski definition) is 5. The van der Waals surface area contributed by atoms with Gasteiger partial charge < -0.3 is 14.4 Å². The minimum Gasteiger partial charge on any atom is -0.473 e. The molecule has 1 aromatic heterocycles. The van der Waals surface area contributed by atoms with Crippen molar-refractivity contribution in [3.8, 4) is 5.88 Å². The second kappa shape index (κ2) is 6.30. The lowest BCUT2D eigenvalue weighted by Crippen LogP contribution is -2.43. The Morgan fingerprint density at radius 3 is 2.89 bits per heavy atom. The molecular weight excluding hydrogens is 234 g/mol. The third-order valence-corrected chi connectivity index (χ3v) is 2.90. The maximum absolute atomic E-state index is 11.6. The molecule has 1 aliphatic rings. The summed E-state index contributed by atoms with van der Waals surface area (Å²) in [4.78, 5) is 13.4. The molecule has 0 radical (unpaired) electrons. The van der Waals surface area contributed by atoms with E-state index in [0.717, 1.165) is 12.8 Å². The predicted octanol–water partition coefficient (Wildman–Crippen LogP) is 0.493. The molecule has 0 aliphatic carbocycles. The van der Waals surface area contributed by atoms with E-state index in [1.807, 2.05) is 0 Å². The van der Waals surface area contributed by atoms with E-state index in [2.05, 4.69) is 10.2 Å². The highest BCUT2D eigenvalue weighted by Gasteiger charge is 2.23. The first-order valence-electron chi connectivity index (χ1n) is 6.00. The molecule has 1 fully saturated rings. The van der Waals surface area contributed by atoms with Crippen molar-refractivity contribution in [1.29, 1.82) is 0 Å². The lowest BCUT2D eigenvalue weighted by Gasteiger charge is -2.31. The van der Waals surface area contributed by atoms with Gasteiger partial charge in [0.15, 0.2) is 0 Å². The molecule has 2 heterocycles. The quantitative estimate of drug-likeness (QED) is 0.779. The maximum atomic E-state index is 11.6. The summed E-state index contributed by atoms with van der Waals surface area (Å²) in [6.45, 7) is 1.55. The highest BCUT2D eigenvalue weighted by Crippen LogP contribution is 2.16. The molecule has 18 heavy (non-hydrogen) atoms.